The van der Waals surface area contributed by atoms with Crippen LogP contribution in [0.5, 0.6) is 0 Å². The molecule has 2 aromatic carbocycles. The summed E-state index contributed by atoms with van der Waals surface area (Å²) in [5, 5.41) is 6.10. The lowest BCUT2D eigenvalue weighted by Crippen LogP contribution is -2.32. The van der Waals surface area contributed by atoms with Gasteiger partial charge in [0, 0.05) is 24.4 Å². The van der Waals surface area contributed by atoms with E-state index in [-0.39, 0.29) is 12.1 Å². The van der Waals surface area contributed by atoms with Gasteiger partial charge in [-0.2, -0.15) is 0 Å². The predicted octanol–water partition coefficient (Wildman–Crippen LogP) is 3.67. The summed E-state index contributed by atoms with van der Waals surface area (Å²) in [6.45, 7) is 0. The Balaban J connectivity index is 1.49. The first-order valence-electron chi connectivity index (χ1n) is 9.39. The summed E-state index contributed by atoms with van der Waals surface area (Å²) in [4.78, 5) is 18.8. The Hall–Kier alpha value is -3.18. The number of likely N-dealkylation sites (N-methyl/N-ethyl adjacent to an activating group) is 1. The van der Waals surface area contributed by atoms with Gasteiger partial charge in [-0.25, -0.2) is 4.99 Å². The number of benzene rings is 2. The van der Waals surface area contributed by atoms with Crippen molar-refractivity contribution in [3.05, 3.63) is 84.1 Å². The third kappa shape index (κ3) is 5.93. The van der Waals surface area contributed by atoms with Gasteiger partial charge in [0.2, 0.25) is 5.91 Å². The van der Waals surface area contributed by atoms with Crippen LogP contribution in [-0.2, 0) is 11.2 Å². The Kier molecular flexibility index (Phi) is 6.76. The lowest BCUT2D eigenvalue weighted by Gasteiger charge is -2.22. The largest absolute Gasteiger partial charge is 0.351 e. The summed E-state index contributed by atoms with van der Waals surface area (Å²) in [6.07, 6.45) is 9.17. The van der Waals surface area contributed by atoms with Gasteiger partial charge < -0.3 is 10.6 Å². The Labute approximate surface area is 166 Å². The van der Waals surface area contributed by atoms with Crippen LogP contribution in [0.4, 0.5) is 5.69 Å². The molecule has 0 aliphatic carbocycles. The molecule has 0 spiro atoms. The molecule has 1 aliphatic rings. The molecule has 1 amide bonds. The molecule has 0 radical (unpaired) electrons. The molecule has 5 heteroatoms. The third-order valence-electron chi connectivity index (χ3n) is 4.43. The third-order valence-corrected chi connectivity index (χ3v) is 4.43. The maximum absolute atomic E-state index is 12.1. The molecule has 0 bridgehead atoms. The van der Waals surface area contributed by atoms with Crippen molar-refractivity contribution in [1.29, 1.82) is 0 Å². The zero-order valence-corrected chi connectivity index (χ0v) is 16.3. The molecule has 2 aromatic rings. The molecule has 0 saturated heterocycles. The number of hydrogen-bond acceptors (Lipinski definition) is 4. The molecule has 1 aliphatic heterocycles. The minimum Gasteiger partial charge on any atom is -0.351 e. The Bertz CT molecular complexity index is 867. The van der Waals surface area contributed by atoms with Crippen LogP contribution in [0.2, 0.25) is 0 Å². The molecule has 1 unspecified atom stereocenters. The highest BCUT2D eigenvalue weighted by Crippen LogP contribution is 2.13. The van der Waals surface area contributed by atoms with E-state index < -0.39 is 0 Å². The summed E-state index contributed by atoms with van der Waals surface area (Å²) in [5.74, 6) is 0.850. The van der Waals surface area contributed by atoms with E-state index in [9.17, 15) is 4.79 Å². The van der Waals surface area contributed by atoms with E-state index in [1.165, 1.54) is 5.56 Å². The van der Waals surface area contributed by atoms with Crippen LogP contribution in [0.25, 0.3) is 6.08 Å². The predicted molar refractivity (Wildman–Crippen MR) is 116 cm³/mol. The lowest BCUT2D eigenvalue weighted by atomic mass is 10.1. The molecule has 0 fully saturated rings. The van der Waals surface area contributed by atoms with Crippen LogP contribution in [0.15, 0.2) is 77.9 Å². The molecule has 0 saturated carbocycles. The number of amides is 1. The van der Waals surface area contributed by atoms with Crippen molar-refractivity contribution in [1.82, 2.24) is 10.2 Å². The fourth-order valence-electron chi connectivity index (χ4n) is 2.83. The number of amidine groups is 1. The summed E-state index contributed by atoms with van der Waals surface area (Å²) in [5.41, 5.74) is 2.99. The number of hydrogen-bond donors (Lipinski definition) is 2. The van der Waals surface area contributed by atoms with Crippen molar-refractivity contribution in [3.63, 3.8) is 0 Å². The van der Waals surface area contributed by atoms with E-state index >= 15 is 0 Å². The van der Waals surface area contributed by atoms with Crippen molar-refractivity contribution in [2.75, 3.05) is 19.4 Å². The SMILES string of the molecule is CN(C)C1C=CNC(CCc2ccc(NC(=O)/C=C/c3ccccc3)cc2)=N1. The maximum atomic E-state index is 12.1. The molecule has 28 heavy (non-hydrogen) atoms. The highest BCUT2D eigenvalue weighted by molar-refractivity contribution is 6.01. The first kappa shape index (κ1) is 19.6. The normalized spacial score (nSPS) is 16.1. The zero-order chi connectivity index (χ0) is 19.8. The second-order valence-corrected chi connectivity index (χ2v) is 6.89. The number of aliphatic imine (C=N–C) groups is 1. The molecule has 5 nitrogen and oxygen atoms in total. The van der Waals surface area contributed by atoms with Crippen molar-refractivity contribution < 1.29 is 4.79 Å². The van der Waals surface area contributed by atoms with Gasteiger partial charge in [-0.1, -0.05) is 42.5 Å². The number of carbonyl (C=O) groups is 1. The first-order valence-corrected chi connectivity index (χ1v) is 9.39. The van der Waals surface area contributed by atoms with Crippen LogP contribution in [0, 0.1) is 0 Å². The standard InChI is InChI=1S/C23H26N4O/c1-27(2)22-16-17-24-21(26-22)14-10-19-8-12-20(13-9-19)25-23(28)15-11-18-6-4-3-5-7-18/h3-9,11-13,15-17,22H,10,14H2,1-2H3,(H,24,26)(H,25,28)/b15-11+. The monoisotopic (exact) mass is 374 g/mol. The molecular formula is C23H26N4O. The average Bonchev–Trinajstić information content (AvgIpc) is 2.73. The van der Waals surface area contributed by atoms with Gasteiger partial charge in [0.1, 0.15) is 12.0 Å². The maximum Gasteiger partial charge on any atom is 0.248 e. The highest BCUT2D eigenvalue weighted by atomic mass is 16.1. The number of aryl methyl sites for hydroxylation is 1. The topological polar surface area (TPSA) is 56.7 Å². The second kappa shape index (κ2) is 9.67. The van der Waals surface area contributed by atoms with Crippen LogP contribution < -0.4 is 10.6 Å². The molecule has 2 N–H and O–H groups in total. The van der Waals surface area contributed by atoms with Crippen LogP contribution in [0.1, 0.15) is 17.5 Å². The molecule has 3 rings (SSSR count). The van der Waals surface area contributed by atoms with Gasteiger partial charge in [-0.3, -0.25) is 9.69 Å². The van der Waals surface area contributed by atoms with Gasteiger partial charge >= 0.3 is 0 Å². The molecule has 0 aromatic heterocycles. The first-order chi connectivity index (χ1) is 13.6. The number of carbonyl (C=O) groups excluding carboxylic acids is 1. The van der Waals surface area contributed by atoms with E-state index in [1.54, 1.807) is 12.2 Å². The van der Waals surface area contributed by atoms with Crippen LogP contribution in [-0.4, -0.2) is 36.9 Å². The quantitative estimate of drug-likeness (QED) is 0.727. The Morgan fingerprint density at radius 1 is 1.11 bits per heavy atom. The van der Waals surface area contributed by atoms with Gasteiger partial charge in [0.05, 0.1) is 0 Å². The van der Waals surface area contributed by atoms with Crippen molar-refractivity contribution in [2.24, 2.45) is 4.99 Å². The van der Waals surface area contributed by atoms with Crippen molar-refractivity contribution in [2.45, 2.75) is 19.0 Å². The summed E-state index contributed by atoms with van der Waals surface area (Å²) in [7, 11) is 4.03. The summed E-state index contributed by atoms with van der Waals surface area (Å²) >= 11 is 0. The molecule has 1 atom stereocenters. The molecule has 144 valence electrons. The van der Waals surface area contributed by atoms with Crippen LogP contribution >= 0.6 is 0 Å². The van der Waals surface area contributed by atoms with Gasteiger partial charge in [0.25, 0.3) is 0 Å². The lowest BCUT2D eigenvalue weighted by molar-refractivity contribution is -0.111. The Morgan fingerprint density at radius 2 is 1.86 bits per heavy atom. The molecule has 1 heterocycles. The second-order valence-electron chi connectivity index (χ2n) is 6.89. The van der Waals surface area contributed by atoms with E-state index in [4.69, 9.17) is 0 Å². The Morgan fingerprint density at radius 3 is 2.57 bits per heavy atom. The van der Waals surface area contributed by atoms with E-state index in [0.717, 1.165) is 29.9 Å². The average molecular weight is 374 g/mol. The number of nitrogens with zero attached hydrogens (tertiary/aromatic N) is 2. The van der Waals surface area contributed by atoms with E-state index in [0.29, 0.717) is 0 Å². The van der Waals surface area contributed by atoms with Gasteiger partial charge in [0.15, 0.2) is 0 Å². The fourth-order valence-corrected chi connectivity index (χ4v) is 2.83. The minimum atomic E-state index is -0.140. The smallest absolute Gasteiger partial charge is 0.248 e. The van der Waals surface area contributed by atoms with Crippen LogP contribution in [0.3, 0.4) is 0 Å². The van der Waals surface area contributed by atoms with Gasteiger partial charge in [-0.05, 0) is 55.9 Å². The number of anilines is 1. The number of rotatable bonds is 7. The van der Waals surface area contributed by atoms with E-state index in [1.807, 2.05) is 81.0 Å². The zero-order valence-electron chi connectivity index (χ0n) is 16.3. The van der Waals surface area contributed by atoms with Crippen molar-refractivity contribution in [3.8, 4) is 0 Å². The summed E-state index contributed by atoms with van der Waals surface area (Å²) in [6, 6.07) is 17.7. The van der Waals surface area contributed by atoms with Crippen molar-refractivity contribution >= 4 is 23.5 Å². The number of nitrogens with one attached hydrogen (secondary N) is 2. The summed E-state index contributed by atoms with van der Waals surface area (Å²) < 4.78 is 0. The molecular weight excluding hydrogens is 348 g/mol. The van der Waals surface area contributed by atoms with Gasteiger partial charge in [-0.15, -0.1) is 0 Å². The minimum absolute atomic E-state index is 0.0952. The van der Waals surface area contributed by atoms with E-state index in [2.05, 4.69) is 20.5 Å². The highest BCUT2D eigenvalue weighted by Gasteiger charge is 2.11. The fraction of sp³-hybridized carbons (Fsp3) is 0.217.